The van der Waals surface area contributed by atoms with Gasteiger partial charge in [-0.05, 0) is 32.2 Å². The van der Waals surface area contributed by atoms with Gasteiger partial charge in [-0.3, -0.25) is 9.69 Å². The van der Waals surface area contributed by atoms with Crippen LogP contribution in [-0.4, -0.2) is 41.0 Å². The van der Waals surface area contributed by atoms with Crippen LogP contribution in [0.15, 0.2) is 0 Å². The van der Waals surface area contributed by atoms with E-state index in [2.05, 4.69) is 24.1 Å². The highest BCUT2D eigenvalue weighted by molar-refractivity contribution is 7.80. The van der Waals surface area contributed by atoms with Crippen molar-refractivity contribution < 1.29 is 4.79 Å². The van der Waals surface area contributed by atoms with Gasteiger partial charge in [0.1, 0.15) is 0 Å². The Hall–Kier alpha value is -0.680. The highest BCUT2D eigenvalue weighted by Crippen LogP contribution is 2.20. The minimum atomic E-state index is -0.150. The summed E-state index contributed by atoms with van der Waals surface area (Å²) in [5.74, 6) is 0.540. The Kier molecular flexibility index (Phi) is 5.33. The summed E-state index contributed by atoms with van der Waals surface area (Å²) in [6, 6.07) is -0.0625. The average molecular weight is 257 g/mol. The first-order chi connectivity index (χ1) is 7.93. The fourth-order valence-electron chi connectivity index (χ4n) is 2.16. The molecule has 2 atom stereocenters. The van der Waals surface area contributed by atoms with Crippen molar-refractivity contribution >= 4 is 23.1 Å². The van der Waals surface area contributed by atoms with Crippen LogP contribution in [0.4, 0.5) is 0 Å². The molecule has 0 saturated carbocycles. The molecule has 1 amide bonds. The number of nitrogens with one attached hydrogen (secondary N) is 1. The smallest absolute Gasteiger partial charge is 0.237 e. The molecule has 1 aliphatic rings. The Bertz CT molecular complexity index is 293. The molecule has 0 radical (unpaired) electrons. The second-order valence-electron chi connectivity index (χ2n) is 5.11. The molecule has 4 nitrogen and oxygen atoms in total. The summed E-state index contributed by atoms with van der Waals surface area (Å²) in [5, 5.41) is 2.95. The fraction of sp³-hybridized carbons (Fsp3) is 0.833. The Morgan fingerprint density at radius 2 is 2.18 bits per heavy atom. The third kappa shape index (κ3) is 3.92. The Morgan fingerprint density at radius 1 is 1.53 bits per heavy atom. The number of rotatable bonds is 5. The van der Waals surface area contributed by atoms with Gasteiger partial charge in [0.25, 0.3) is 0 Å². The molecule has 1 heterocycles. The summed E-state index contributed by atoms with van der Waals surface area (Å²) >= 11 is 5.05. The fourth-order valence-corrected chi connectivity index (χ4v) is 2.41. The van der Waals surface area contributed by atoms with Crippen molar-refractivity contribution in [2.45, 2.75) is 45.7 Å². The molecule has 17 heavy (non-hydrogen) atoms. The van der Waals surface area contributed by atoms with Crippen LogP contribution in [0.5, 0.6) is 0 Å². The minimum Gasteiger partial charge on any atom is -0.392 e. The number of hydrogen-bond acceptors (Lipinski definition) is 3. The number of hydrogen-bond donors (Lipinski definition) is 2. The first kappa shape index (κ1) is 14.4. The minimum absolute atomic E-state index is 0.0712. The van der Waals surface area contributed by atoms with E-state index < -0.39 is 0 Å². The number of amides is 1. The van der Waals surface area contributed by atoms with Crippen LogP contribution >= 0.6 is 12.2 Å². The van der Waals surface area contributed by atoms with Gasteiger partial charge in [0.15, 0.2) is 0 Å². The summed E-state index contributed by atoms with van der Waals surface area (Å²) < 4.78 is 0. The van der Waals surface area contributed by atoms with Crippen LogP contribution in [0.1, 0.15) is 33.6 Å². The number of nitrogens with zero attached hydrogens (tertiary/aromatic N) is 1. The number of carbonyl (C=O) groups excluding carboxylic acids is 1. The number of likely N-dealkylation sites (tertiary alicyclic amines) is 1. The largest absolute Gasteiger partial charge is 0.392 e. The first-order valence-corrected chi connectivity index (χ1v) is 6.67. The molecule has 5 heteroatoms. The molecular formula is C12H23N3OS. The van der Waals surface area contributed by atoms with Crippen LogP contribution in [0.2, 0.25) is 0 Å². The lowest BCUT2D eigenvalue weighted by Gasteiger charge is -2.29. The standard InChI is InChI=1S/C12H23N3OS/c1-8(2)7-14-12(16)9(3)15-6-4-5-10(15)11(13)17/h8-10H,4-7H2,1-3H3,(H2,13,17)(H,14,16). The molecule has 98 valence electrons. The van der Waals surface area contributed by atoms with Gasteiger partial charge in [0.2, 0.25) is 5.91 Å². The monoisotopic (exact) mass is 257 g/mol. The maximum absolute atomic E-state index is 12.0. The van der Waals surface area contributed by atoms with E-state index in [1.165, 1.54) is 0 Å². The van der Waals surface area contributed by atoms with E-state index in [0.29, 0.717) is 10.9 Å². The van der Waals surface area contributed by atoms with E-state index in [-0.39, 0.29) is 18.0 Å². The molecular weight excluding hydrogens is 234 g/mol. The first-order valence-electron chi connectivity index (χ1n) is 6.26. The zero-order valence-corrected chi connectivity index (χ0v) is 11.7. The third-order valence-electron chi connectivity index (χ3n) is 3.18. The van der Waals surface area contributed by atoms with Gasteiger partial charge in [-0.25, -0.2) is 0 Å². The highest BCUT2D eigenvalue weighted by atomic mass is 32.1. The van der Waals surface area contributed by atoms with Gasteiger partial charge >= 0.3 is 0 Å². The second kappa shape index (κ2) is 6.31. The van der Waals surface area contributed by atoms with Crippen LogP contribution in [0.3, 0.4) is 0 Å². The van der Waals surface area contributed by atoms with Gasteiger partial charge in [0, 0.05) is 6.54 Å². The molecule has 0 spiro atoms. The molecule has 0 aromatic carbocycles. The van der Waals surface area contributed by atoms with Gasteiger partial charge < -0.3 is 11.1 Å². The van der Waals surface area contributed by atoms with E-state index >= 15 is 0 Å². The normalized spacial score (nSPS) is 22.7. The molecule has 1 aliphatic heterocycles. The molecule has 0 aromatic heterocycles. The molecule has 0 bridgehead atoms. The maximum atomic E-state index is 12.0. The Morgan fingerprint density at radius 3 is 2.71 bits per heavy atom. The van der Waals surface area contributed by atoms with Gasteiger partial charge in [0.05, 0.1) is 17.1 Å². The van der Waals surface area contributed by atoms with E-state index in [0.717, 1.165) is 25.9 Å². The van der Waals surface area contributed by atoms with Gasteiger partial charge in [-0.2, -0.15) is 0 Å². The summed E-state index contributed by atoms with van der Waals surface area (Å²) in [6.45, 7) is 7.70. The van der Waals surface area contributed by atoms with Crippen LogP contribution in [0, 0.1) is 5.92 Å². The Labute approximate surface area is 109 Å². The van der Waals surface area contributed by atoms with E-state index in [9.17, 15) is 4.79 Å². The SMILES string of the molecule is CC(C)CNC(=O)C(C)N1CCCC1C(N)=S. The Balaban J connectivity index is 2.53. The summed E-state index contributed by atoms with van der Waals surface area (Å²) in [7, 11) is 0. The predicted octanol–water partition coefficient (Wildman–Crippen LogP) is 0.898. The van der Waals surface area contributed by atoms with Crippen molar-refractivity contribution in [3.05, 3.63) is 0 Å². The van der Waals surface area contributed by atoms with Crippen LogP contribution < -0.4 is 11.1 Å². The van der Waals surface area contributed by atoms with E-state index in [1.54, 1.807) is 0 Å². The van der Waals surface area contributed by atoms with Gasteiger partial charge in [-0.1, -0.05) is 26.1 Å². The predicted molar refractivity (Wildman–Crippen MR) is 73.8 cm³/mol. The molecule has 1 fully saturated rings. The van der Waals surface area contributed by atoms with Crippen molar-refractivity contribution in [2.24, 2.45) is 11.7 Å². The van der Waals surface area contributed by atoms with E-state index in [1.807, 2.05) is 6.92 Å². The summed E-state index contributed by atoms with van der Waals surface area (Å²) in [6.07, 6.45) is 2.03. The summed E-state index contributed by atoms with van der Waals surface area (Å²) in [5.41, 5.74) is 5.71. The molecule has 2 unspecified atom stereocenters. The van der Waals surface area contributed by atoms with E-state index in [4.69, 9.17) is 18.0 Å². The topological polar surface area (TPSA) is 58.4 Å². The van der Waals surface area contributed by atoms with Crippen molar-refractivity contribution in [1.29, 1.82) is 0 Å². The van der Waals surface area contributed by atoms with Crippen molar-refractivity contribution in [1.82, 2.24) is 10.2 Å². The number of thiocarbonyl (C=S) groups is 1. The molecule has 1 rings (SSSR count). The maximum Gasteiger partial charge on any atom is 0.237 e. The van der Waals surface area contributed by atoms with Crippen molar-refractivity contribution in [3.8, 4) is 0 Å². The molecule has 3 N–H and O–H groups in total. The quantitative estimate of drug-likeness (QED) is 0.718. The van der Waals surface area contributed by atoms with Crippen LogP contribution in [0.25, 0.3) is 0 Å². The third-order valence-corrected chi connectivity index (χ3v) is 3.46. The highest BCUT2D eigenvalue weighted by Gasteiger charge is 2.33. The lowest BCUT2D eigenvalue weighted by molar-refractivity contribution is -0.125. The van der Waals surface area contributed by atoms with Crippen LogP contribution in [-0.2, 0) is 4.79 Å². The lowest BCUT2D eigenvalue weighted by Crippen LogP contribution is -2.51. The second-order valence-corrected chi connectivity index (χ2v) is 5.58. The molecule has 1 saturated heterocycles. The lowest BCUT2D eigenvalue weighted by atomic mass is 10.1. The van der Waals surface area contributed by atoms with Crippen molar-refractivity contribution in [3.63, 3.8) is 0 Å². The molecule has 0 aromatic rings. The van der Waals surface area contributed by atoms with Crippen molar-refractivity contribution in [2.75, 3.05) is 13.1 Å². The number of carbonyl (C=O) groups is 1. The number of nitrogens with two attached hydrogens (primary N) is 1. The zero-order valence-electron chi connectivity index (χ0n) is 10.9. The molecule has 0 aliphatic carbocycles. The summed E-state index contributed by atoms with van der Waals surface area (Å²) in [4.78, 5) is 14.6. The van der Waals surface area contributed by atoms with Gasteiger partial charge in [-0.15, -0.1) is 0 Å². The average Bonchev–Trinajstić information content (AvgIpc) is 2.73. The zero-order chi connectivity index (χ0) is 13.0.